The van der Waals surface area contributed by atoms with E-state index in [0.717, 1.165) is 0 Å². The van der Waals surface area contributed by atoms with Gasteiger partial charge in [-0.1, -0.05) is 0 Å². The first-order chi connectivity index (χ1) is 8.32. The zero-order valence-electron chi connectivity index (χ0n) is 10.1. The van der Waals surface area contributed by atoms with Crippen LogP contribution < -0.4 is 16.4 Å². The van der Waals surface area contributed by atoms with E-state index in [-0.39, 0.29) is 12.2 Å². The van der Waals surface area contributed by atoms with Gasteiger partial charge in [0.15, 0.2) is 0 Å². The molecule has 8 nitrogen and oxygen atoms in total. The lowest BCUT2D eigenvalue weighted by Crippen LogP contribution is -2.60. The van der Waals surface area contributed by atoms with Crippen LogP contribution >= 0.6 is 0 Å². The van der Waals surface area contributed by atoms with Crippen LogP contribution in [0.2, 0.25) is 0 Å². The Kier molecular flexibility index (Phi) is 4.62. The minimum atomic E-state index is -1.31. The molecule has 0 bridgehead atoms. The average molecular weight is 259 g/mol. The number of carboxylic acids is 1. The molecule has 1 atom stereocenters. The van der Waals surface area contributed by atoms with Crippen LogP contribution in [-0.2, 0) is 19.1 Å². The molecular weight excluding hydrogens is 242 g/mol. The first kappa shape index (κ1) is 14.4. The van der Waals surface area contributed by atoms with Crippen LogP contribution in [0.1, 0.15) is 13.3 Å². The van der Waals surface area contributed by atoms with Gasteiger partial charge in [0.2, 0.25) is 11.8 Å². The molecule has 0 aromatic carbocycles. The summed E-state index contributed by atoms with van der Waals surface area (Å²) in [6.45, 7) is 2.88. The Labute approximate surface area is 104 Å². The fourth-order valence-electron chi connectivity index (χ4n) is 1.46. The highest BCUT2D eigenvalue weighted by Gasteiger charge is 2.33. The predicted molar refractivity (Wildman–Crippen MR) is 60.6 cm³/mol. The number of hydrogen-bond acceptors (Lipinski definition) is 5. The molecule has 1 rings (SSSR count). The van der Waals surface area contributed by atoms with E-state index in [1.807, 2.05) is 6.92 Å². The van der Waals surface area contributed by atoms with Gasteiger partial charge in [0.25, 0.3) is 0 Å². The summed E-state index contributed by atoms with van der Waals surface area (Å²) in [6, 6.07) is -1.31. The number of aliphatic carboxylic acids is 1. The number of carboxylic acid groups (broad SMARTS) is 1. The van der Waals surface area contributed by atoms with E-state index in [2.05, 4.69) is 10.6 Å². The van der Waals surface area contributed by atoms with E-state index in [0.29, 0.717) is 13.1 Å². The third kappa shape index (κ3) is 4.30. The Hall–Kier alpha value is -1.67. The number of ether oxygens (including phenoxy) is 1. The number of carbonyl (C=O) groups excluding carboxylic acids is 2. The summed E-state index contributed by atoms with van der Waals surface area (Å²) in [5.41, 5.74) is 4.50. The number of nitrogens with one attached hydrogen (secondary N) is 2. The number of hydrogen-bond donors (Lipinski definition) is 4. The summed E-state index contributed by atoms with van der Waals surface area (Å²) in [5, 5.41) is 14.0. The first-order valence-corrected chi connectivity index (χ1v) is 5.47. The predicted octanol–water partition coefficient (Wildman–Crippen LogP) is -2.19. The lowest BCUT2D eigenvalue weighted by molar-refractivity contribution is -0.146. The summed E-state index contributed by atoms with van der Waals surface area (Å²) in [4.78, 5) is 32.9. The van der Waals surface area contributed by atoms with Gasteiger partial charge in [-0.05, 0) is 6.92 Å². The second-order valence-electron chi connectivity index (χ2n) is 4.47. The van der Waals surface area contributed by atoms with E-state index < -0.39 is 30.2 Å². The van der Waals surface area contributed by atoms with Crippen molar-refractivity contribution in [3.8, 4) is 0 Å². The van der Waals surface area contributed by atoms with Crippen molar-refractivity contribution in [3.63, 3.8) is 0 Å². The Morgan fingerprint density at radius 3 is 2.50 bits per heavy atom. The van der Waals surface area contributed by atoms with E-state index in [4.69, 9.17) is 15.6 Å². The lowest BCUT2D eigenvalue weighted by Gasteiger charge is -2.38. The Morgan fingerprint density at radius 2 is 2.11 bits per heavy atom. The molecule has 0 aromatic heterocycles. The fourth-order valence-corrected chi connectivity index (χ4v) is 1.46. The van der Waals surface area contributed by atoms with Gasteiger partial charge in [-0.25, -0.2) is 4.79 Å². The second kappa shape index (κ2) is 5.78. The van der Waals surface area contributed by atoms with Gasteiger partial charge in [-0.3, -0.25) is 9.59 Å². The lowest BCUT2D eigenvalue weighted by atomic mass is 10.0. The molecule has 102 valence electrons. The molecule has 5 N–H and O–H groups in total. The maximum atomic E-state index is 11.5. The molecule has 0 aliphatic carbocycles. The second-order valence-corrected chi connectivity index (χ2v) is 4.47. The third-order valence-corrected chi connectivity index (χ3v) is 2.59. The smallest absolute Gasteiger partial charge is 0.326 e. The standard InChI is InChI=1S/C10H17N3O5/c1-10(4-12-5-10)18-3-8(15)13-6(9(16)17)2-7(11)14/h6,12H,2-5H2,1H3,(H2,11,14)(H,13,15)(H,16,17)/t6-/m1/s1. The molecule has 2 amide bonds. The van der Waals surface area contributed by atoms with Gasteiger partial charge < -0.3 is 26.2 Å². The number of amides is 2. The highest BCUT2D eigenvalue weighted by atomic mass is 16.5. The van der Waals surface area contributed by atoms with Crippen molar-refractivity contribution >= 4 is 17.8 Å². The molecule has 18 heavy (non-hydrogen) atoms. The van der Waals surface area contributed by atoms with Gasteiger partial charge in [-0.15, -0.1) is 0 Å². The summed E-state index contributed by atoms with van der Waals surface area (Å²) in [6.07, 6.45) is -0.445. The Morgan fingerprint density at radius 1 is 1.50 bits per heavy atom. The first-order valence-electron chi connectivity index (χ1n) is 5.47. The largest absolute Gasteiger partial charge is 0.480 e. The zero-order valence-corrected chi connectivity index (χ0v) is 10.1. The monoisotopic (exact) mass is 259 g/mol. The van der Waals surface area contributed by atoms with Crippen molar-refractivity contribution in [1.29, 1.82) is 0 Å². The number of nitrogens with two attached hydrogens (primary N) is 1. The van der Waals surface area contributed by atoms with Crippen LogP contribution in [0, 0.1) is 0 Å². The quantitative estimate of drug-likeness (QED) is 0.411. The molecule has 0 radical (unpaired) electrons. The molecule has 1 aliphatic rings. The maximum Gasteiger partial charge on any atom is 0.326 e. The molecule has 0 aromatic rings. The van der Waals surface area contributed by atoms with E-state index >= 15 is 0 Å². The highest BCUT2D eigenvalue weighted by molar-refractivity contribution is 5.88. The van der Waals surface area contributed by atoms with E-state index in [9.17, 15) is 14.4 Å². The van der Waals surface area contributed by atoms with Crippen molar-refractivity contribution in [2.75, 3.05) is 19.7 Å². The van der Waals surface area contributed by atoms with Crippen LogP contribution in [0.15, 0.2) is 0 Å². The molecule has 0 unspecified atom stereocenters. The Bertz CT molecular complexity index is 353. The highest BCUT2D eigenvalue weighted by Crippen LogP contribution is 2.14. The molecule has 0 saturated carbocycles. The third-order valence-electron chi connectivity index (χ3n) is 2.59. The molecule has 8 heteroatoms. The summed E-state index contributed by atoms with van der Waals surface area (Å²) >= 11 is 0. The SMILES string of the molecule is CC1(OCC(=O)N[C@H](CC(N)=O)C(=O)O)CNC1. The maximum absolute atomic E-state index is 11.5. The number of primary amides is 1. The van der Waals surface area contributed by atoms with Gasteiger partial charge in [0.05, 0.1) is 12.0 Å². The van der Waals surface area contributed by atoms with Gasteiger partial charge in [0.1, 0.15) is 12.6 Å². The van der Waals surface area contributed by atoms with Crippen LogP contribution in [0.5, 0.6) is 0 Å². The van der Waals surface area contributed by atoms with Crippen LogP contribution in [0.25, 0.3) is 0 Å². The molecule has 1 saturated heterocycles. The average Bonchev–Trinajstić information content (AvgIpc) is 2.22. The molecule has 1 fully saturated rings. The summed E-state index contributed by atoms with van der Waals surface area (Å²) < 4.78 is 5.33. The van der Waals surface area contributed by atoms with E-state index in [1.165, 1.54) is 0 Å². The number of rotatable bonds is 7. The van der Waals surface area contributed by atoms with Gasteiger partial charge in [-0.2, -0.15) is 0 Å². The number of carbonyl (C=O) groups is 3. The van der Waals surface area contributed by atoms with Crippen molar-refractivity contribution in [2.45, 2.75) is 25.0 Å². The van der Waals surface area contributed by atoms with Crippen molar-refractivity contribution < 1.29 is 24.2 Å². The normalized spacial score (nSPS) is 18.5. The van der Waals surface area contributed by atoms with Gasteiger partial charge in [0, 0.05) is 13.1 Å². The van der Waals surface area contributed by atoms with Gasteiger partial charge >= 0.3 is 5.97 Å². The zero-order chi connectivity index (χ0) is 13.8. The van der Waals surface area contributed by atoms with Crippen molar-refractivity contribution in [2.24, 2.45) is 5.73 Å². The van der Waals surface area contributed by atoms with E-state index in [1.54, 1.807) is 0 Å². The molecule has 1 aliphatic heterocycles. The topological polar surface area (TPSA) is 131 Å². The van der Waals surface area contributed by atoms with Crippen LogP contribution in [-0.4, -0.2) is 54.2 Å². The van der Waals surface area contributed by atoms with Crippen molar-refractivity contribution in [1.82, 2.24) is 10.6 Å². The fraction of sp³-hybridized carbons (Fsp3) is 0.700. The summed E-state index contributed by atoms with van der Waals surface area (Å²) in [7, 11) is 0. The van der Waals surface area contributed by atoms with Crippen LogP contribution in [0.3, 0.4) is 0 Å². The molecule has 0 spiro atoms. The Balaban J connectivity index is 2.36. The van der Waals surface area contributed by atoms with Crippen molar-refractivity contribution in [3.05, 3.63) is 0 Å². The minimum absolute atomic E-state index is 0.249. The van der Waals surface area contributed by atoms with Crippen LogP contribution in [0.4, 0.5) is 0 Å². The molecular formula is C10H17N3O5. The molecule has 1 heterocycles. The minimum Gasteiger partial charge on any atom is -0.480 e. The summed E-state index contributed by atoms with van der Waals surface area (Å²) in [5.74, 6) is -2.69.